The van der Waals surface area contributed by atoms with Gasteiger partial charge in [-0.15, -0.1) is 0 Å². The molecule has 0 radical (unpaired) electrons. The van der Waals surface area contributed by atoms with Gasteiger partial charge in [-0.05, 0) is 37.5 Å². The molecular formula is C24H27N3O6. The van der Waals surface area contributed by atoms with Gasteiger partial charge in [0.15, 0.2) is 0 Å². The molecule has 0 fully saturated rings. The molecule has 0 saturated heterocycles. The van der Waals surface area contributed by atoms with Crippen LogP contribution in [-0.2, 0) is 20.9 Å². The van der Waals surface area contributed by atoms with E-state index in [0.29, 0.717) is 26.1 Å². The number of benzene rings is 2. The van der Waals surface area contributed by atoms with Gasteiger partial charge in [-0.1, -0.05) is 42.5 Å². The summed E-state index contributed by atoms with van der Waals surface area (Å²) in [6.07, 6.45) is 1.09. The molecule has 0 unspecified atom stereocenters. The SMILES string of the molecule is CCOC(=O)CNC(=O)N(CCCCOCc1ccccc1)N1C(=O)c2ccccc2C1=O. The van der Waals surface area contributed by atoms with Gasteiger partial charge in [0.05, 0.1) is 24.3 Å². The van der Waals surface area contributed by atoms with E-state index in [1.165, 1.54) is 0 Å². The number of hydrogen-bond acceptors (Lipinski definition) is 6. The smallest absolute Gasteiger partial charge is 0.337 e. The molecule has 1 aliphatic heterocycles. The quantitative estimate of drug-likeness (QED) is 0.319. The maximum atomic E-state index is 12.9. The molecule has 4 amide bonds. The number of rotatable bonds is 11. The number of urea groups is 1. The number of esters is 1. The van der Waals surface area contributed by atoms with Crippen LogP contribution in [0, 0.1) is 0 Å². The summed E-state index contributed by atoms with van der Waals surface area (Å²) in [6, 6.07) is 15.4. The van der Waals surface area contributed by atoms with E-state index in [1.807, 2.05) is 30.3 Å². The Bertz CT molecular complexity index is 960. The minimum atomic E-state index is -0.734. The zero-order valence-electron chi connectivity index (χ0n) is 18.5. The van der Waals surface area contributed by atoms with Gasteiger partial charge in [0.1, 0.15) is 6.54 Å². The molecule has 2 aromatic carbocycles. The first-order valence-electron chi connectivity index (χ1n) is 10.8. The van der Waals surface area contributed by atoms with Crippen molar-refractivity contribution in [3.05, 3.63) is 71.3 Å². The van der Waals surface area contributed by atoms with Gasteiger partial charge >= 0.3 is 12.0 Å². The summed E-state index contributed by atoms with van der Waals surface area (Å²) in [5.41, 5.74) is 1.53. The predicted molar refractivity (Wildman–Crippen MR) is 119 cm³/mol. The van der Waals surface area contributed by atoms with Gasteiger partial charge in [-0.25, -0.2) is 9.80 Å². The predicted octanol–water partition coefficient (Wildman–Crippen LogP) is 2.77. The first-order chi connectivity index (χ1) is 16.0. The van der Waals surface area contributed by atoms with E-state index in [9.17, 15) is 19.2 Å². The Morgan fingerprint density at radius 2 is 1.58 bits per heavy atom. The Morgan fingerprint density at radius 1 is 0.939 bits per heavy atom. The maximum Gasteiger partial charge on any atom is 0.337 e. The molecule has 0 aromatic heterocycles. The molecule has 9 nitrogen and oxygen atoms in total. The fourth-order valence-corrected chi connectivity index (χ4v) is 3.37. The van der Waals surface area contributed by atoms with Gasteiger partial charge in [-0.2, -0.15) is 5.01 Å². The third-order valence-electron chi connectivity index (χ3n) is 4.96. The summed E-state index contributed by atoms with van der Waals surface area (Å²) in [6.45, 7) is 2.49. The number of fused-ring (bicyclic) bond motifs is 1. The van der Waals surface area contributed by atoms with E-state index in [-0.39, 0.29) is 30.8 Å². The lowest BCUT2D eigenvalue weighted by atomic mass is 10.1. The average Bonchev–Trinajstić information content (AvgIpc) is 3.08. The number of carbonyl (C=O) groups excluding carboxylic acids is 4. The second kappa shape index (κ2) is 11.8. The molecular weight excluding hydrogens is 426 g/mol. The molecule has 2 aromatic rings. The molecule has 1 heterocycles. The van der Waals surface area contributed by atoms with Gasteiger partial charge < -0.3 is 14.8 Å². The van der Waals surface area contributed by atoms with E-state index < -0.39 is 23.8 Å². The Balaban J connectivity index is 1.60. The van der Waals surface area contributed by atoms with Crippen LogP contribution in [0.15, 0.2) is 54.6 Å². The number of nitrogens with one attached hydrogen (secondary N) is 1. The molecule has 1 N–H and O–H groups in total. The fourth-order valence-electron chi connectivity index (χ4n) is 3.37. The van der Waals surface area contributed by atoms with Crippen LogP contribution in [0.2, 0.25) is 0 Å². The van der Waals surface area contributed by atoms with Crippen molar-refractivity contribution in [1.29, 1.82) is 0 Å². The highest BCUT2D eigenvalue weighted by Crippen LogP contribution is 2.24. The van der Waals surface area contributed by atoms with E-state index in [1.54, 1.807) is 31.2 Å². The van der Waals surface area contributed by atoms with Crippen molar-refractivity contribution in [1.82, 2.24) is 15.3 Å². The summed E-state index contributed by atoms with van der Waals surface area (Å²) in [4.78, 5) is 50.1. The number of unbranched alkanes of at least 4 members (excludes halogenated alkanes) is 1. The maximum absolute atomic E-state index is 12.9. The van der Waals surface area contributed by atoms with Crippen molar-refractivity contribution in [2.45, 2.75) is 26.4 Å². The second-order valence-electron chi connectivity index (χ2n) is 7.30. The highest BCUT2D eigenvalue weighted by molar-refractivity contribution is 6.21. The van der Waals surface area contributed by atoms with Crippen molar-refractivity contribution in [2.75, 3.05) is 26.3 Å². The van der Waals surface area contributed by atoms with Gasteiger partial charge in [0, 0.05) is 13.2 Å². The Labute approximate surface area is 192 Å². The molecule has 3 rings (SSSR count). The normalized spacial score (nSPS) is 12.5. The molecule has 174 valence electrons. The van der Waals surface area contributed by atoms with Gasteiger partial charge in [-0.3, -0.25) is 14.4 Å². The van der Waals surface area contributed by atoms with Crippen LogP contribution in [0.4, 0.5) is 4.79 Å². The minimum Gasteiger partial charge on any atom is -0.465 e. The van der Waals surface area contributed by atoms with Crippen LogP contribution in [0.25, 0.3) is 0 Å². The summed E-state index contributed by atoms with van der Waals surface area (Å²) in [7, 11) is 0. The minimum absolute atomic E-state index is 0.0921. The van der Waals surface area contributed by atoms with Crippen molar-refractivity contribution < 1.29 is 28.7 Å². The lowest BCUT2D eigenvalue weighted by Gasteiger charge is -2.29. The number of imide groups is 1. The molecule has 9 heteroatoms. The van der Waals surface area contributed by atoms with Crippen LogP contribution >= 0.6 is 0 Å². The van der Waals surface area contributed by atoms with Crippen LogP contribution in [-0.4, -0.2) is 60.1 Å². The number of ether oxygens (including phenoxy) is 2. The van der Waals surface area contributed by atoms with E-state index in [0.717, 1.165) is 15.6 Å². The number of nitrogens with zero attached hydrogens (tertiary/aromatic N) is 2. The topological polar surface area (TPSA) is 105 Å². The van der Waals surface area contributed by atoms with E-state index in [2.05, 4.69) is 5.32 Å². The molecule has 33 heavy (non-hydrogen) atoms. The zero-order chi connectivity index (χ0) is 23.6. The van der Waals surface area contributed by atoms with Gasteiger partial charge in [0.25, 0.3) is 11.8 Å². The number of hydrogen-bond donors (Lipinski definition) is 1. The van der Waals surface area contributed by atoms with Crippen molar-refractivity contribution in [3.8, 4) is 0 Å². The van der Waals surface area contributed by atoms with E-state index >= 15 is 0 Å². The molecule has 0 spiro atoms. The van der Waals surface area contributed by atoms with Crippen molar-refractivity contribution in [2.24, 2.45) is 0 Å². The first kappa shape index (κ1) is 23.9. The average molecular weight is 453 g/mol. The highest BCUT2D eigenvalue weighted by Gasteiger charge is 2.41. The largest absolute Gasteiger partial charge is 0.465 e. The Kier molecular flexibility index (Phi) is 8.54. The molecule has 0 atom stereocenters. The molecule has 0 bridgehead atoms. The third kappa shape index (κ3) is 6.17. The highest BCUT2D eigenvalue weighted by atomic mass is 16.5. The second-order valence-corrected chi connectivity index (χ2v) is 7.30. The van der Waals surface area contributed by atoms with Crippen LogP contribution in [0.5, 0.6) is 0 Å². The monoisotopic (exact) mass is 453 g/mol. The lowest BCUT2D eigenvalue weighted by Crippen LogP contribution is -2.54. The van der Waals surface area contributed by atoms with Crippen molar-refractivity contribution >= 4 is 23.8 Å². The van der Waals surface area contributed by atoms with Crippen LogP contribution in [0.1, 0.15) is 46.0 Å². The van der Waals surface area contributed by atoms with E-state index in [4.69, 9.17) is 9.47 Å². The Morgan fingerprint density at radius 3 is 2.21 bits per heavy atom. The number of hydrazine groups is 1. The number of carbonyl (C=O) groups is 4. The standard InChI is InChI=1S/C24H27N3O6/c1-2-33-21(28)16-25-24(31)26(14-8-9-15-32-17-18-10-4-3-5-11-18)27-22(29)19-12-6-7-13-20(19)23(27)30/h3-7,10-13H,2,8-9,14-17H2,1H3,(H,25,31). The summed E-state index contributed by atoms with van der Waals surface area (Å²) in [5.74, 6) is -1.77. The fraction of sp³-hybridized carbons (Fsp3) is 0.333. The summed E-state index contributed by atoms with van der Waals surface area (Å²) in [5, 5.41) is 4.29. The van der Waals surface area contributed by atoms with Crippen LogP contribution < -0.4 is 5.32 Å². The molecule has 0 aliphatic carbocycles. The van der Waals surface area contributed by atoms with Gasteiger partial charge in [0.2, 0.25) is 0 Å². The summed E-state index contributed by atoms with van der Waals surface area (Å²) < 4.78 is 10.5. The Hall–Kier alpha value is -3.72. The third-order valence-corrected chi connectivity index (χ3v) is 4.96. The van der Waals surface area contributed by atoms with Crippen LogP contribution in [0.3, 0.4) is 0 Å². The molecule has 0 saturated carbocycles. The zero-order valence-corrected chi connectivity index (χ0v) is 18.5. The van der Waals surface area contributed by atoms with Crippen molar-refractivity contribution in [3.63, 3.8) is 0 Å². The first-order valence-corrected chi connectivity index (χ1v) is 10.8. The lowest BCUT2D eigenvalue weighted by molar-refractivity contribution is -0.141. The molecule has 1 aliphatic rings. The summed E-state index contributed by atoms with van der Waals surface area (Å²) >= 11 is 0. The number of amides is 4.